The van der Waals surface area contributed by atoms with Gasteiger partial charge in [0.1, 0.15) is 6.10 Å². The lowest BCUT2D eigenvalue weighted by atomic mass is 10.00. The average molecular weight is 241 g/mol. The summed E-state index contributed by atoms with van der Waals surface area (Å²) >= 11 is 0. The Labute approximate surface area is 108 Å². The SMILES string of the molecule is CC(C)Nc1ccccc1[C@H](O)c1ccccc1. The molecule has 2 nitrogen and oxygen atoms in total. The van der Waals surface area contributed by atoms with Crippen molar-refractivity contribution < 1.29 is 5.11 Å². The first kappa shape index (κ1) is 12.7. The van der Waals surface area contributed by atoms with Gasteiger partial charge in [-0.2, -0.15) is 0 Å². The molecule has 0 spiro atoms. The zero-order valence-corrected chi connectivity index (χ0v) is 10.8. The molecule has 0 fully saturated rings. The third-order valence-corrected chi connectivity index (χ3v) is 2.81. The van der Waals surface area contributed by atoms with E-state index < -0.39 is 6.10 Å². The molecule has 2 aromatic rings. The summed E-state index contributed by atoms with van der Waals surface area (Å²) in [7, 11) is 0. The highest BCUT2D eigenvalue weighted by Crippen LogP contribution is 2.28. The Morgan fingerprint density at radius 1 is 0.889 bits per heavy atom. The molecule has 0 aliphatic rings. The molecule has 2 heteroatoms. The summed E-state index contributed by atoms with van der Waals surface area (Å²) in [5.74, 6) is 0. The molecule has 0 saturated carbocycles. The van der Waals surface area contributed by atoms with Crippen molar-refractivity contribution in [3.63, 3.8) is 0 Å². The summed E-state index contributed by atoms with van der Waals surface area (Å²) in [6.07, 6.45) is -0.589. The van der Waals surface area contributed by atoms with E-state index in [1.54, 1.807) is 0 Å². The van der Waals surface area contributed by atoms with Crippen molar-refractivity contribution in [1.29, 1.82) is 0 Å². The van der Waals surface area contributed by atoms with Gasteiger partial charge in [0.05, 0.1) is 0 Å². The first-order valence-electron chi connectivity index (χ1n) is 6.27. The monoisotopic (exact) mass is 241 g/mol. The molecule has 2 N–H and O–H groups in total. The summed E-state index contributed by atoms with van der Waals surface area (Å²) in [6.45, 7) is 4.18. The second-order valence-electron chi connectivity index (χ2n) is 4.70. The fourth-order valence-corrected chi connectivity index (χ4v) is 1.99. The predicted molar refractivity (Wildman–Crippen MR) is 75.7 cm³/mol. The minimum Gasteiger partial charge on any atom is -0.384 e. The van der Waals surface area contributed by atoms with Crippen molar-refractivity contribution in [3.8, 4) is 0 Å². The van der Waals surface area contributed by atoms with Crippen LogP contribution in [0.1, 0.15) is 31.1 Å². The third kappa shape index (κ3) is 2.90. The quantitative estimate of drug-likeness (QED) is 0.857. The number of anilines is 1. The fourth-order valence-electron chi connectivity index (χ4n) is 1.99. The Kier molecular flexibility index (Phi) is 4.00. The predicted octanol–water partition coefficient (Wildman–Crippen LogP) is 3.59. The lowest BCUT2D eigenvalue weighted by molar-refractivity contribution is 0.221. The smallest absolute Gasteiger partial charge is 0.106 e. The average Bonchev–Trinajstić information content (AvgIpc) is 2.39. The van der Waals surface area contributed by atoms with Gasteiger partial charge in [0.2, 0.25) is 0 Å². The lowest BCUT2D eigenvalue weighted by Crippen LogP contribution is -2.13. The fraction of sp³-hybridized carbons (Fsp3) is 0.250. The molecule has 0 amide bonds. The minimum atomic E-state index is -0.589. The molecule has 94 valence electrons. The number of nitrogens with one attached hydrogen (secondary N) is 1. The molecule has 0 unspecified atom stereocenters. The van der Waals surface area contributed by atoms with Gasteiger partial charge in [0.15, 0.2) is 0 Å². The van der Waals surface area contributed by atoms with Gasteiger partial charge in [-0.25, -0.2) is 0 Å². The Hall–Kier alpha value is -1.80. The summed E-state index contributed by atoms with van der Waals surface area (Å²) in [5, 5.41) is 13.8. The molecule has 0 heterocycles. The van der Waals surface area contributed by atoms with Crippen LogP contribution in [0.25, 0.3) is 0 Å². The van der Waals surface area contributed by atoms with Crippen LogP contribution in [-0.2, 0) is 0 Å². The van der Waals surface area contributed by atoms with Gasteiger partial charge in [-0.15, -0.1) is 0 Å². The molecule has 0 bridgehead atoms. The summed E-state index contributed by atoms with van der Waals surface area (Å²) in [4.78, 5) is 0. The lowest BCUT2D eigenvalue weighted by Gasteiger charge is -2.18. The Morgan fingerprint density at radius 2 is 1.50 bits per heavy atom. The van der Waals surface area contributed by atoms with Crippen LogP contribution in [0.15, 0.2) is 54.6 Å². The van der Waals surface area contributed by atoms with E-state index >= 15 is 0 Å². The van der Waals surface area contributed by atoms with E-state index in [1.165, 1.54) is 0 Å². The van der Waals surface area contributed by atoms with Crippen LogP contribution < -0.4 is 5.32 Å². The molecule has 0 aliphatic carbocycles. The maximum absolute atomic E-state index is 10.4. The van der Waals surface area contributed by atoms with Gasteiger partial charge in [-0.1, -0.05) is 48.5 Å². The number of benzene rings is 2. The molecule has 0 radical (unpaired) electrons. The molecule has 18 heavy (non-hydrogen) atoms. The van der Waals surface area contributed by atoms with Gasteiger partial charge in [0, 0.05) is 17.3 Å². The zero-order chi connectivity index (χ0) is 13.0. The largest absolute Gasteiger partial charge is 0.384 e. The second-order valence-corrected chi connectivity index (χ2v) is 4.70. The molecule has 0 saturated heterocycles. The Bertz CT molecular complexity index is 493. The van der Waals surface area contributed by atoms with Gasteiger partial charge in [-0.3, -0.25) is 0 Å². The van der Waals surface area contributed by atoms with Crippen LogP contribution >= 0.6 is 0 Å². The molecule has 0 aliphatic heterocycles. The number of aliphatic hydroxyl groups is 1. The van der Waals surface area contributed by atoms with Crippen LogP contribution in [0.5, 0.6) is 0 Å². The molecule has 2 rings (SSSR count). The zero-order valence-electron chi connectivity index (χ0n) is 10.8. The maximum atomic E-state index is 10.4. The normalized spacial score (nSPS) is 12.4. The molecule has 2 aromatic carbocycles. The first-order chi connectivity index (χ1) is 8.68. The Balaban J connectivity index is 2.33. The summed E-state index contributed by atoms with van der Waals surface area (Å²) < 4.78 is 0. The van der Waals surface area contributed by atoms with E-state index in [1.807, 2.05) is 54.6 Å². The summed E-state index contributed by atoms with van der Waals surface area (Å²) in [5.41, 5.74) is 2.82. The van der Waals surface area contributed by atoms with Gasteiger partial charge in [0.25, 0.3) is 0 Å². The van der Waals surface area contributed by atoms with Crippen LogP contribution in [0.4, 0.5) is 5.69 Å². The highest BCUT2D eigenvalue weighted by molar-refractivity contribution is 5.54. The highest BCUT2D eigenvalue weighted by atomic mass is 16.3. The van der Waals surface area contributed by atoms with E-state index in [4.69, 9.17) is 0 Å². The number of hydrogen-bond donors (Lipinski definition) is 2. The molecular formula is C16H19NO. The van der Waals surface area contributed by atoms with E-state index in [-0.39, 0.29) is 0 Å². The van der Waals surface area contributed by atoms with E-state index in [0.29, 0.717) is 6.04 Å². The minimum absolute atomic E-state index is 0.342. The van der Waals surface area contributed by atoms with Crippen LogP contribution in [-0.4, -0.2) is 11.1 Å². The van der Waals surface area contributed by atoms with Gasteiger partial charge >= 0.3 is 0 Å². The number of hydrogen-bond acceptors (Lipinski definition) is 2. The second kappa shape index (κ2) is 5.69. The van der Waals surface area contributed by atoms with E-state index in [9.17, 15) is 5.11 Å². The molecule has 0 aromatic heterocycles. The van der Waals surface area contributed by atoms with Gasteiger partial charge < -0.3 is 10.4 Å². The molecular weight excluding hydrogens is 222 g/mol. The van der Waals surface area contributed by atoms with E-state index in [0.717, 1.165) is 16.8 Å². The van der Waals surface area contributed by atoms with Gasteiger partial charge in [-0.05, 0) is 25.5 Å². The number of para-hydroxylation sites is 1. The maximum Gasteiger partial charge on any atom is 0.106 e. The van der Waals surface area contributed by atoms with Crippen molar-refractivity contribution in [2.45, 2.75) is 26.0 Å². The van der Waals surface area contributed by atoms with Crippen LogP contribution in [0, 0.1) is 0 Å². The number of rotatable bonds is 4. The number of aliphatic hydroxyl groups excluding tert-OH is 1. The summed E-state index contributed by atoms with van der Waals surface area (Å²) in [6, 6.07) is 18.0. The van der Waals surface area contributed by atoms with Crippen LogP contribution in [0.2, 0.25) is 0 Å². The van der Waals surface area contributed by atoms with Crippen molar-refractivity contribution >= 4 is 5.69 Å². The van der Waals surface area contributed by atoms with E-state index in [2.05, 4.69) is 19.2 Å². The van der Waals surface area contributed by atoms with Crippen LogP contribution in [0.3, 0.4) is 0 Å². The first-order valence-corrected chi connectivity index (χ1v) is 6.27. The van der Waals surface area contributed by atoms with Crippen molar-refractivity contribution in [2.24, 2.45) is 0 Å². The van der Waals surface area contributed by atoms with Crippen molar-refractivity contribution in [2.75, 3.05) is 5.32 Å². The third-order valence-electron chi connectivity index (χ3n) is 2.81. The topological polar surface area (TPSA) is 32.3 Å². The molecule has 1 atom stereocenters. The van der Waals surface area contributed by atoms with Crippen molar-refractivity contribution in [3.05, 3.63) is 65.7 Å². The Morgan fingerprint density at radius 3 is 2.17 bits per heavy atom. The standard InChI is InChI=1S/C16H19NO/c1-12(2)17-15-11-7-6-10-14(15)16(18)13-8-4-3-5-9-13/h3-12,16-18H,1-2H3/t16-/m1/s1. The highest BCUT2D eigenvalue weighted by Gasteiger charge is 2.14. The van der Waals surface area contributed by atoms with Crippen molar-refractivity contribution in [1.82, 2.24) is 0 Å².